The predicted octanol–water partition coefficient (Wildman–Crippen LogP) is 0.160. The molecule has 7 heteroatoms. The zero-order valence-corrected chi connectivity index (χ0v) is 8.58. The number of rotatable bonds is 5. The van der Waals surface area contributed by atoms with Crippen LogP contribution in [0.2, 0.25) is 0 Å². The number of carboxylic acid groups (broad SMARTS) is 2. The zero-order chi connectivity index (χ0) is 13.0. The first kappa shape index (κ1) is 12.8. The maximum Gasteiger partial charge on any atom is 0.339 e. The van der Waals surface area contributed by atoms with E-state index in [0.717, 1.165) is 12.1 Å². The molecule has 0 radical (unpaired) electrons. The van der Waals surface area contributed by atoms with Crippen LogP contribution in [0.25, 0.3) is 0 Å². The molecule has 92 valence electrons. The molecule has 7 nitrogen and oxygen atoms in total. The van der Waals surface area contributed by atoms with E-state index in [4.69, 9.17) is 20.1 Å². The molecule has 17 heavy (non-hydrogen) atoms. The summed E-state index contributed by atoms with van der Waals surface area (Å²) < 4.78 is 4.90. The highest BCUT2D eigenvalue weighted by molar-refractivity contribution is 5.99. The van der Waals surface area contributed by atoms with Gasteiger partial charge in [0.15, 0.2) is 0 Å². The van der Waals surface area contributed by atoms with Gasteiger partial charge in [0.25, 0.3) is 0 Å². The van der Waals surface area contributed by atoms with Crippen molar-refractivity contribution in [1.29, 1.82) is 0 Å². The number of carboxylic acids is 2. The van der Waals surface area contributed by atoms with E-state index in [2.05, 4.69) is 0 Å². The number of hydrogen-bond acceptors (Lipinski definition) is 5. The van der Waals surface area contributed by atoms with Crippen LogP contribution in [0, 0.1) is 0 Å². The van der Waals surface area contributed by atoms with Crippen LogP contribution in [0.4, 0.5) is 0 Å². The molecule has 0 unspecified atom stereocenters. The molecule has 0 aliphatic carbocycles. The highest BCUT2D eigenvalue weighted by Gasteiger charge is 2.20. The number of aromatic hydroxyl groups is 1. The van der Waals surface area contributed by atoms with Crippen molar-refractivity contribution in [3.05, 3.63) is 23.3 Å². The molecule has 1 aromatic rings. The molecule has 1 aromatic carbocycles. The van der Waals surface area contributed by atoms with E-state index < -0.39 is 28.8 Å². The molecular formula is C10H10O7. The number of hydrogen-bond donors (Lipinski definition) is 4. The SMILES string of the molecule is O=C(O)c1cc(OCCO)cc(C(=O)O)c1O. The van der Waals surface area contributed by atoms with Gasteiger partial charge in [0.1, 0.15) is 29.2 Å². The number of aliphatic hydroxyl groups excluding tert-OH is 1. The molecule has 0 saturated heterocycles. The Morgan fingerprint density at radius 1 is 1.12 bits per heavy atom. The molecular weight excluding hydrogens is 232 g/mol. The lowest BCUT2D eigenvalue weighted by atomic mass is 10.1. The summed E-state index contributed by atoms with van der Waals surface area (Å²) in [5.74, 6) is -3.83. The fraction of sp³-hybridized carbons (Fsp3) is 0.200. The van der Waals surface area contributed by atoms with E-state index in [-0.39, 0.29) is 19.0 Å². The summed E-state index contributed by atoms with van der Waals surface area (Å²) in [4.78, 5) is 21.5. The Hall–Kier alpha value is -2.28. The maximum absolute atomic E-state index is 10.8. The minimum Gasteiger partial charge on any atom is -0.506 e. The van der Waals surface area contributed by atoms with Crippen molar-refractivity contribution in [3.63, 3.8) is 0 Å². The Morgan fingerprint density at radius 2 is 1.59 bits per heavy atom. The van der Waals surface area contributed by atoms with Gasteiger partial charge in [0.2, 0.25) is 0 Å². The second-order valence-electron chi connectivity index (χ2n) is 3.05. The Bertz CT molecular complexity index is 417. The first-order valence-electron chi connectivity index (χ1n) is 4.54. The van der Waals surface area contributed by atoms with Crippen molar-refractivity contribution < 1.29 is 34.8 Å². The molecule has 0 amide bonds. The van der Waals surface area contributed by atoms with Gasteiger partial charge in [0.05, 0.1) is 6.61 Å². The van der Waals surface area contributed by atoms with E-state index in [0.29, 0.717) is 0 Å². The third-order valence-electron chi connectivity index (χ3n) is 1.90. The van der Waals surface area contributed by atoms with Crippen molar-refractivity contribution in [2.75, 3.05) is 13.2 Å². The van der Waals surface area contributed by atoms with Crippen molar-refractivity contribution in [2.24, 2.45) is 0 Å². The molecule has 0 heterocycles. The smallest absolute Gasteiger partial charge is 0.339 e. The summed E-state index contributed by atoms with van der Waals surface area (Å²) in [5.41, 5.74) is -1.14. The molecule has 4 N–H and O–H groups in total. The Labute approximate surface area is 95.5 Å². The Balaban J connectivity index is 3.26. The molecule has 1 rings (SSSR count). The second kappa shape index (κ2) is 5.17. The molecule has 0 atom stereocenters. The zero-order valence-electron chi connectivity index (χ0n) is 8.58. The average molecular weight is 242 g/mol. The third kappa shape index (κ3) is 2.85. The normalized spacial score (nSPS) is 9.94. The summed E-state index contributed by atoms with van der Waals surface area (Å²) >= 11 is 0. The monoisotopic (exact) mass is 242 g/mol. The molecule has 0 saturated carbocycles. The second-order valence-corrected chi connectivity index (χ2v) is 3.05. The van der Waals surface area contributed by atoms with E-state index >= 15 is 0 Å². The fourth-order valence-corrected chi connectivity index (χ4v) is 1.18. The van der Waals surface area contributed by atoms with Crippen LogP contribution in [-0.4, -0.2) is 45.6 Å². The highest BCUT2D eigenvalue weighted by atomic mass is 16.5. The predicted molar refractivity (Wildman–Crippen MR) is 54.6 cm³/mol. The van der Waals surface area contributed by atoms with Crippen LogP contribution >= 0.6 is 0 Å². The van der Waals surface area contributed by atoms with Crippen molar-refractivity contribution in [2.45, 2.75) is 0 Å². The van der Waals surface area contributed by atoms with Crippen LogP contribution < -0.4 is 4.74 Å². The number of aliphatic hydroxyl groups is 1. The quantitative estimate of drug-likeness (QED) is 0.579. The minimum absolute atomic E-state index is 0.0494. The third-order valence-corrected chi connectivity index (χ3v) is 1.90. The highest BCUT2D eigenvalue weighted by Crippen LogP contribution is 2.28. The van der Waals surface area contributed by atoms with Gasteiger partial charge in [-0.25, -0.2) is 9.59 Å². The van der Waals surface area contributed by atoms with E-state index in [1.54, 1.807) is 0 Å². The lowest BCUT2D eigenvalue weighted by molar-refractivity contribution is 0.0690. The van der Waals surface area contributed by atoms with Crippen LogP contribution in [0.15, 0.2) is 12.1 Å². The number of ether oxygens (including phenoxy) is 1. The van der Waals surface area contributed by atoms with Crippen molar-refractivity contribution in [1.82, 2.24) is 0 Å². The van der Waals surface area contributed by atoms with Gasteiger partial charge >= 0.3 is 11.9 Å². The number of aromatic carboxylic acids is 2. The van der Waals surface area contributed by atoms with Gasteiger partial charge in [-0.15, -0.1) is 0 Å². The minimum atomic E-state index is -1.47. The topological polar surface area (TPSA) is 124 Å². The van der Waals surface area contributed by atoms with Crippen LogP contribution in [0.3, 0.4) is 0 Å². The average Bonchev–Trinajstić information content (AvgIpc) is 2.26. The summed E-state index contributed by atoms with van der Waals surface area (Å²) in [5, 5.41) is 35.5. The van der Waals surface area contributed by atoms with E-state index in [9.17, 15) is 14.7 Å². The van der Waals surface area contributed by atoms with Crippen molar-refractivity contribution in [3.8, 4) is 11.5 Å². The lowest BCUT2D eigenvalue weighted by Gasteiger charge is -2.09. The van der Waals surface area contributed by atoms with Gasteiger partial charge in [0, 0.05) is 0 Å². The van der Waals surface area contributed by atoms with E-state index in [1.165, 1.54) is 0 Å². The van der Waals surface area contributed by atoms with E-state index in [1.807, 2.05) is 0 Å². The van der Waals surface area contributed by atoms with Gasteiger partial charge < -0.3 is 25.2 Å². The number of phenols is 1. The Morgan fingerprint density at radius 3 is 1.94 bits per heavy atom. The lowest BCUT2D eigenvalue weighted by Crippen LogP contribution is -2.07. The molecule has 0 fully saturated rings. The van der Waals surface area contributed by atoms with Crippen LogP contribution in [-0.2, 0) is 0 Å². The number of carbonyl (C=O) groups is 2. The first-order valence-corrected chi connectivity index (χ1v) is 4.54. The summed E-state index contributed by atoms with van der Waals surface area (Å²) in [6.07, 6.45) is 0. The van der Waals surface area contributed by atoms with Gasteiger partial charge in [-0.2, -0.15) is 0 Å². The fourth-order valence-electron chi connectivity index (χ4n) is 1.18. The molecule has 0 bridgehead atoms. The molecule has 0 spiro atoms. The largest absolute Gasteiger partial charge is 0.506 e. The van der Waals surface area contributed by atoms with Gasteiger partial charge in [-0.05, 0) is 12.1 Å². The molecule has 0 aromatic heterocycles. The summed E-state index contributed by atoms with van der Waals surface area (Å²) in [6.45, 7) is -0.408. The Kier molecular flexibility index (Phi) is 3.89. The molecule has 0 aliphatic rings. The van der Waals surface area contributed by atoms with Gasteiger partial charge in [-0.1, -0.05) is 0 Å². The van der Waals surface area contributed by atoms with Crippen LogP contribution in [0.1, 0.15) is 20.7 Å². The molecule has 0 aliphatic heterocycles. The van der Waals surface area contributed by atoms with Crippen molar-refractivity contribution >= 4 is 11.9 Å². The standard InChI is InChI=1S/C10H10O7/c11-1-2-17-5-3-6(9(13)14)8(12)7(4-5)10(15)16/h3-4,11-12H,1-2H2,(H,13,14)(H,15,16). The summed E-state index contributed by atoms with van der Waals surface area (Å²) in [7, 11) is 0. The first-order chi connectivity index (χ1) is 7.97. The maximum atomic E-state index is 10.8. The van der Waals surface area contributed by atoms with Crippen LogP contribution in [0.5, 0.6) is 11.5 Å². The number of benzene rings is 1. The van der Waals surface area contributed by atoms with Gasteiger partial charge in [-0.3, -0.25) is 0 Å². The summed E-state index contributed by atoms with van der Waals surface area (Å²) in [6, 6.07) is 1.97.